The van der Waals surface area contributed by atoms with Crippen LogP contribution < -0.4 is 10.6 Å². The Bertz CT molecular complexity index is 1530. The largest absolute Gasteiger partial charge is 0.348 e. The van der Waals surface area contributed by atoms with Crippen LogP contribution in [0.5, 0.6) is 0 Å². The van der Waals surface area contributed by atoms with Gasteiger partial charge in [-0.1, -0.05) is 48.5 Å². The summed E-state index contributed by atoms with van der Waals surface area (Å²) in [5.74, 6) is -0.139. The average Bonchev–Trinajstić information content (AvgIpc) is 3.66. The van der Waals surface area contributed by atoms with Gasteiger partial charge in [0.15, 0.2) is 5.69 Å². The standard InChI is InChI=1S/C32H36N6O3/c1-37(2)26-14-12-24(13-15-26)33-31(39)30-27-16-11-23(20-28(27)35-36-30)22-9-6-10-25(19-22)34-32(40)38-29(17-18-41-38)21-7-4-3-5-8-21/h3-11,16,19-20,24,26,29H,12-15,17-18H2,1-2H3,(H,33,39)(H,34,40)(H,35,36). The molecule has 41 heavy (non-hydrogen) atoms. The molecule has 4 aromatic rings. The van der Waals surface area contributed by atoms with Crippen LogP contribution in [0, 0.1) is 0 Å². The van der Waals surface area contributed by atoms with E-state index in [0.29, 0.717) is 24.0 Å². The second kappa shape index (κ2) is 11.7. The number of hydrogen-bond donors (Lipinski definition) is 3. The van der Waals surface area contributed by atoms with E-state index in [1.54, 1.807) is 0 Å². The maximum absolute atomic E-state index is 13.1. The van der Waals surface area contributed by atoms with Crippen LogP contribution in [-0.2, 0) is 4.84 Å². The van der Waals surface area contributed by atoms with Gasteiger partial charge in [0.1, 0.15) is 0 Å². The summed E-state index contributed by atoms with van der Waals surface area (Å²) in [5, 5.41) is 15.8. The summed E-state index contributed by atoms with van der Waals surface area (Å²) in [6.45, 7) is 0.495. The molecule has 3 aromatic carbocycles. The normalized spacial score (nSPS) is 20.9. The molecule has 0 radical (unpaired) electrons. The number of hydrogen-bond acceptors (Lipinski definition) is 5. The zero-order valence-electron chi connectivity index (χ0n) is 23.5. The van der Waals surface area contributed by atoms with Crippen molar-refractivity contribution in [2.75, 3.05) is 26.0 Å². The molecule has 1 saturated carbocycles. The molecule has 212 valence electrons. The second-order valence-electron chi connectivity index (χ2n) is 11.2. The SMILES string of the molecule is CN(C)C1CCC(NC(=O)c2n[nH]c3cc(-c4cccc(NC(=O)N5OCCC5c5ccccc5)c4)ccc23)CC1. The van der Waals surface area contributed by atoms with Crippen molar-refractivity contribution in [3.63, 3.8) is 0 Å². The summed E-state index contributed by atoms with van der Waals surface area (Å²) in [6, 6.07) is 23.8. The Morgan fingerprint density at radius 2 is 1.71 bits per heavy atom. The number of carbonyl (C=O) groups is 2. The monoisotopic (exact) mass is 552 g/mol. The first-order chi connectivity index (χ1) is 20.0. The molecule has 1 saturated heterocycles. The third-order valence-corrected chi connectivity index (χ3v) is 8.28. The molecule has 1 aliphatic heterocycles. The first kappa shape index (κ1) is 27.0. The van der Waals surface area contributed by atoms with Gasteiger partial charge in [-0.05, 0) is 80.7 Å². The number of hydroxylamine groups is 2. The molecule has 2 heterocycles. The van der Waals surface area contributed by atoms with E-state index < -0.39 is 0 Å². The fraction of sp³-hybridized carbons (Fsp3) is 0.344. The van der Waals surface area contributed by atoms with Crippen LogP contribution >= 0.6 is 0 Å². The molecular weight excluding hydrogens is 516 g/mol. The van der Waals surface area contributed by atoms with Crippen molar-refractivity contribution < 1.29 is 14.4 Å². The lowest BCUT2D eigenvalue weighted by Gasteiger charge is -2.32. The number of carbonyl (C=O) groups excluding carboxylic acids is 2. The minimum Gasteiger partial charge on any atom is -0.348 e. The molecule has 1 aromatic heterocycles. The first-order valence-electron chi connectivity index (χ1n) is 14.3. The fourth-order valence-corrected chi connectivity index (χ4v) is 5.96. The van der Waals surface area contributed by atoms with Crippen molar-refractivity contribution in [1.29, 1.82) is 0 Å². The quantitative estimate of drug-likeness (QED) is 0.283. The molecule has 9 nitrogen and oxygen atoms in total. The summed E-state index contributed by atoms with van der Waals surface area (Å²) in [4.78, 5) is 34.1. The Kier molecular flexibility index (Phi) is 7.71. The highest BCUT2D eigenvalue weighted by Crippen LogP contribution is 2.32. The van der Waals surface area contributed by atoms with E-state index in [0.717, 1.165) is 59.7 Å². The van der Waals surface area contributed by atoms with Crippen molar-refractivity contribution in [2.45, 2.75) is 50.2 Å². The zero-order valence-corrected chi connectivity index (χ0v) is 23.5. The van der Waals surface area contributed by atoms with E-state index in [2.05, 4.69) is 39.8 Å². The molecule has 3 N–H and O–H groups in total. The Balaban J connectivity index is 1.13. The second-order valence-corrected chi connectivity index (χ2v) is 11.2. The van der Waals surface area contributed by atoms with E-state index in [4.69, 9.17) is 4.84 Å². The molecule has 1 aliphatic carbocycles. The number of nitrogens with zero attached hydrogens (tertiary/aromatic N) is 3. The minimum absolute atomic E-state index is 0.123. The summed E-state index contributed by atoms with van der Waals surface area (Å²) in [5.41, 5.74) is 4.81. The molecule has 2 fully saturated rings. The van der Waals surface area contributed by atoms with Gasteiger partial charge in [0.05, 0.1) is 18.2 Å². The first-order valence-corrected chi connectivity index (χ1v) is 14.3. The summed E-state index contributed by atoms with van der Waals surface area (Å²) < 4.78 is 0. The third kappa shape index (κ3) is 5.82. The van der Waals surface area contributed by atoms with Crippen LogP contribution in [0.1, 0.15) is 54.2 Å². The van der Waals surface area contributed by atoms with Gasteiger partial charge in [0, 0.05) is 29.6 Å². The highest BCUT2D eigenvalue weighted by molar-refractivity contribution is 6.05. The number of rotatable bonds is 6. The number of amides is 3. The van der Waals surface area contributed by atoms with Crippen molar-refractivity contribution in [1.82, 2.24) is 25.5 Å². The maximum Gasteiger partial charge on any atom is 0.346 e. The summed E-state index contributed by atoms with van der Waals surface area (Å²) in [6.07, 6.45) is 4.87. The van der Waals surface area contributed by atoms with Gasteiger partial charge in [-0.25, -0.2) is 4.79 Å². The number of nitrogens with one attached hydrogen (secondary N) is 3. The van der Waals surface area contributed by atoms with Gasteiger partial charge in [-0.3, -0.25) is 14.7 Å². The number of benzene rings is 3. The average molecular weight is 553 g/mol. The molecular formula is C32H36N6O3. The Morgan fingerprint density at radius 3 is 2.49 bits per heavy atom. The van der Waals surface area contributed by atoms with Crippen molar-refractivity contribution >= 4 is 28.5 Å². The number of aromatic amines is 1. The number of anilines is 1. The number of urea groups is 1. The molecule has 1 unspecified atom stereocenters. The van der Waals surface area contributed by atoms with Crippen LogP contribution in [0.15, 0.2) is 72.8 Å². The molecule has 9 heteroatoms. The van der Waals surface area contributed by atoms with Gasteiger partial charge in [-0.15, -0.1) is 0 Å². The summed E-state index contributed by atoms with van der Waals surface area (Å²) >= 11 is 0. The van der Waals surface area contributed by atoms with Gasteiger partial charge in [0.25, 0.3) is 5.91 Å². The van der Waals surface area contributed by atoms with Crippen LogP contribution in [0.4, 0.5) is 10.5 Å². The summed E-state index contributed by atoms with van der Waals surface area (Å²) in [7, 11) is 4.23. The van der Waals surface area contributed by atoms with Gasteiger partial charge >= 0.3 is 6.03 Å². The number of fused-ring (bicyclic) bond motifs is 1. The third-order valence-electron chi connectivity index (χ3n) is 8.28. The smallest absolute Gasteiger partial charge is 0.346 e. The van der Waals surface area contributed by atoms with Gasteiger partial charge in [0.2, 0.25) is 0 Å². The van der Waals surface area contributed by atoms with E-state index in [1.807, 2.05) is 72.8 Å². The van der Waals surface area contributed by atoms with Gasteiger partial charge in [-0.2, -0.15) is 10.2 Å². The topological polar surface area (TPSA) is 103 Å². The van der Waals surface area contributed by atoms with Crippen molar-refractivity contribution in [3.05, 3.63) is 84.1 Å². The van der Waals surface area contributed by atoms with Crippen LogP contribution in [0.3, 0.4) is 0 Å². The maximum atomic E-state index is 13.1. The molecule has 0 spiro atoms. The highest BCUT2D eigenvalue weighted by atomic mass is 16.7. The number of H-pyrrole nitrogens is 1. The molecule has 1 atom stereocenters. The molecule has 6 rings (SSSR count). The predicted molar refractivity (Wildman–Crippen MR) is 159 cm³/mol. The van der Waals surface area contributed by atoms with E-state index in [9.17, 15) is 9.59 Å². The van der Waals surface area contributed by atoms with E-state index in [1.165, 1.54) is 5.06 Å². The lowest BCUT2D eigenvalue weighted by molar-refractivity contribution is -0.0829. The molecule has 2 aliphatic rings. The Hall–Kier alpha value is -4.21. The molecule has 0 bridgehead atoms. The van der Waals surface area contributed by atoms with Crippen LogP contribution in [-0.4, -0.2) is 64.9 Å². The Labute approximate surface area is 239 Å². The van der Waals surface area contributed by atoms with Gasteiger partial charge < -0.3 is 15.5 Å². The lowest BCUT2D eigenvalue weighted by atomic mass is 9.90. The lowest BCUT2D eigenvalue weighted by Crippen LogP contribution is -2.41. The van der Waals surface area contributed by atoms with Crippen molar-refractivity contribution in [2.24, 2.45) is 0 Å². The zero-order chi connectivity index (χ0) is 28.3. The predicted octanol–water partition coefficient (Wildman–Crippen LogP) is 5.74. The van der Waals surface area contributed by atoms with E-state index >= 15 is 0 Å². The number of aromatic nitrogens is 2. The molecule has 3 amide bonds. The van der Waals surface area contributed by atoms with Crippen LogP contribution in [0.2, 0.25) is 0 Å². The van der Waals surface area contributed by atoms with Crippen LogP contribution in [0.25, 0.3) is 22.0 Å². The van der Waals surface area contributed by atoms with Crippen molar-refractivity contribution in [3.8, 4) is 11.1 Å². The minimum atomic E-state index is -0.302. The highest BCUT2D eigenvalue weighted by Gasteiger charge is 2.32. The fourth-order valence-electron chi connectivity index (χ4n) is 5.96. The van der Waals surface area contributed by atoms with E-state index in [-0.39, 0.29) is 24.0 Å². The Morgan fingerprint density at radius 1 is 0.927 bits per heavy atom.